The highest BCUT2D eigenvalue weighted by molar-refractivity contribution is 8.93. The molecule has 0 radical (unpaired) electrons. The molecule has 1 aromatic heterocycles. The Kier molecular flexibility index (Phi) is 2.44. The zero-order valence-corrected chi connectivity index (χ0v) is 9.52. The molecule has 0 bridgehead atoms. The van der Waals surface area contributed by atoms with E-state index in [1.165, 1.54) is 0 Å². The molecule has 2 aliphatic heterocycles. The normalized spacial score (nSPS) is 17.2. The molecule has 0 spiro atoms. The maximum atomic E-state index is 11.6. The molecule has 0 aromatic carbocycles. The molecule has 1 N–H and O–H groups in total. The van der Waals surface area contributed by atoms with Crippen LogP contribution in [0, 0.1) is 0 Å². The second-order valence-electron chi connectivity index (χ2n) is 3.22. The van der Waals surface area contributed by atoms with Crippen LogP contribution in [0.1, 0.15) is 15.9 Å². The van der Waals surface area contributed by atoms with Gasteiger partial charge in [0.1, 0.15) is 0 Å². The number of hydrogen-bond acceptors (Lipinski definition) is 4. The number of hydrazine groups is 1. The van der Waals surface area contributed by atoms with Crippen LogP contribution in [-0.2, 0) is 0 Å². The first-order valence-corrected chi connectivity index (χ1v) is 4.43. The first kappa shape index (κ1) is 10.1. The van der Waals surface area contributed by atoms with Gasteiger partial charge in [0, 0.05) is 18.0 Å². The number of aliphatic imine (C=N–C) groups is 1. The summed E-state index contributed by atoms with van der Waals surface area (Å²) in [6.45, 7) is 1.49. The van der Waals surface area contributed by atoms with E-state index in [1.54, 1.807) is 17.4 Å². The van der Waals surface area contributed by atoms with Crippen molar-refractivity contribution in [3.8, 4) is 0 Å². The van der Waals surface area contributed by atoms with Crippen molar-refractivity contribution < 1.29 is 4.79 Å². The van der Waals surface area contributed by atoms with Gasteiger partial charge in [0.05, 0.1) is 18.7 Å². The number of carbonyl (C=O) groups excluding carboxylic acids is 1. The van der Waals surface area contributed by atoms with Gasteiger partial charge in [-0.05, 0) is 6.07 Å². The quantitative estimate of drug-likeness (QED) is 0.740. The molecule has 0 aliphatic carbocycles. The lowest BCUT2D eigenvalue weighted by Gasteiger charge is -2.26. The number of amides is 1. The van der Waals surface area contributed by atoms with Crippen molar-refractivity contribution in [3.63, 3.8) is 0 Å². The second kappa shape index (κ2) is 3.62. The standard InChI is InChI=1S/C9H8N4O.BrH/c14-9-7-5-10-2-1-6(7)8-11-3-4-13(8)12-9;/h1-2,5H,3-4H2,(H,12,14);1H. The molecular formula is C9H9BrN4O. The number of aromatic nitrogens is 1. The smallest absolute Gasteiger partial charge is 0.267 e. The Balaban J connectivity index is 0.000000853. The SMILES string of the molecule is Br.O=C1NN2CCN=C2c2ccncc21. The molecule has 6 heteroatoms. The number of rotatable bonds is 0. The second-order valence-corrected chi connectivity index (χ2v) is 3.22. The lowest BCUT2D eigenvalue weighted by atomic mass is 10.1. The maximum Gasteiger partial charge on any atom is 0.272 e. The van der Waals surface area contributed by atoms with Gasteiger partial charge in [-0.2, -0.15) is 0 Å². The minimum Gasteiger partial charge on any atom is -0.267 e. The highest BCUT2D eigenvalue weighted by atomic mass is 79.9. The van der Waals surface area contributed by atoms with Gasteiger partial charge in [0.2, 0.25) is 0 Å². The highest BCUT2D eigenvalue weighted by Crippen LogP contribution is 2.18. The number of nitrogens with zero attached hydrogens (tertiary/aromatic N) is 3. The number of halogens is 1. The number of hydrogen-bond donors (Lipinski definition) is 1. The van der Waals surface area contributed by atoms with Crippen molar-refractivity contribution in [2.24, 2.45) is 4.99 Å². The molecule has 0 saturated heterocycles. The van der Waals surface area contributed by atoms with Gasteiger partial charge in [-0.15, -0.1) is 17.0 Å². The summed E-state index contributed by atoms with van der Waals surface area (Å²) < 4.78 is 0. The minimum atomic E-state index is -0.103. The molecule has 0 atom stereocenters. The van der Waals surface area contributed by atoms with Gasteiger partial charge >= 0.3 is 0 Å². The van der Waals surface area contributed by atoms with Crippen LogP contribution in [0.5, 0.6) is 0 Å². The Bertz CT molecular complexity index is 445. The molecule has 15 heavy (non-hydrogen) atoms. The summed E-state index contributed by atoms with van der Waals surface area (Å²) >= 11 is 0. The average molecular weight is 269 g/mol. The van der Waals surface area contributed by atoms with E-state index in [9.17, 15) is 4.79 Å². The van der Waals surface area contributed by atoms with Gasteiger partial charge in [-0.25, -0.2) is 0 Å². The van der Waals surface area contributed by atoms with Gasteiger partial charge in [0.15, 0.2) is 5.84 Å². The Labute approximate surface area is 96.9 Å². The summed E-state index contributed by atoms with van der Waals surface area (Å²) in [5.41, 5.74) is 4.24. The summed E-state index contributed by atoms with van der Waals surface area (Å²) in [7, 11) is 0. The van der Waals surface area contributed by atoms with Crippen LogP contribution in [0.3, 0.4) is 0 Å². The predicted molar refractivity (Wildman–Crippen MR) is 60.1 cm³/mol. The zero-order valence-electron chi connectivity index (χ0n) is 7.80. The van der Waals surface area contributed by atoms with Crippen LogP contribution in [-0.4, -0.2) is 34.8 Å². The van der Waals surface area contributed by atoms with E-state index >= 15 is 0 Å². The molecule has 2 aliphatic rings. The topological polar surface area (TPSA) is 57.6 Å². The van der Waals surface area contributed by atoms with Crippen molar-refractivity contribution in [1.82, 2.24) is 15.4 Å². The fourth-order valence-corrected chi connectivity index (χ4v) is 1.74. The Morgan fingerprint density at radius 2 is 2.27 bits per heavy atom. The van der Waals surface area contributed by atoms with E-state index in [2.05, 4.69) is 15.4 Å². The Morgan fingerprint density at radius 3 is 3.13 bits per heavy atom. The van der Waals surface area contributed by atoms with E-state index in [0.717, 1.165) is 24.5 Å². The molecule has 0 fully saturated rings. The van der Waals surface area contributed by atoms with E-state index in [-0.39, 0.29) is 22.9 Å². The fourth-order valence-electron chi connectivity index (χ4n) is 1.74. The Hall–Kier alpha value is -1.43. The van der Waals surface area contributed by atoms with E-state index < -0.39 is 0 Å². The van der Waals surface area contributed by atoms with E-state index in [1.807, 2.05) is 6.07 Å². The number of nitrogens with one attached hydrogen (secondary N) is 1. The summed E-state index contributed by atoms with van der Waals surface area (Å²) in [5.74, 6) is 0.746. The number of amidine groups is 1. The average Bonchev–Trinajstić information content (AvgIpc) is 2.66. The predicted octanol–water partition coefficient (Wildman–Crippen LogP) is 0.380. The monoisotopic (exact) mass is 268 g/mol. The number of pyridine rings is 1. The molecule has 3 heterocycles. The minimum absolute atomic E-state index is 0. The van der Waals surface area contributed by atoms with Crippen LogP contribution in [0.25, 0.3) is 0 Å². The lowest BCUT2D eigenvalue weighted by molar-refractivity contribution is 0.0868. The molecule has 1 amide bonds. The van der Waals surface area contributed by atoms with Crippen LogP contribution >= 0.6 is 17.0 Å². The van der Waals surface area contributed by atoms with Crippen molar-refractivity contribution in [1.29, 1.82) is 0 Å². The molecule has 78 valence electrons. The largest absolute Gasteiger partial charge is 0.272 e. The van der Waals surface area contributed by atoms with Crippen molar-refractivity contribution >= 4 is 28.7 Å². The number of carbonyl (C=O) groups is 1. The van der Waals surface area contributed by atoms with Gasteiger partial charge in [-0.1, -0.05) is 0 Å². The van der Waals surface area contributed by atoms with E-state index in [0.29, 0.717) is 5.56 Å². The molecule has 1 aromatic rings. The van der Waals surface area contributed by atoms with Gasteiger partial charge in [-0.3, -0.25) is 25.2 Å². The van der Waals surface area contributed by atoms with Crippen LogP contribution in [0.15, 0.2) is 23.5 Å². The zero-order chi connectivity index (χ0) is 9.54. The third kappa shape index (κ3) is 1.41. The molecule has 0 unspecified atom stereocenters. The molecular weight excluding hydrogens is 260 g/mol. The maximum absolute atomic E-state index is 11.6. The van der Waals surface area contributed by atoms with Crippen molar-refractivity contribution in [2.75, 3.05) is 13.1 Å². The molecule has 0 saturated carbocycles. The molecule has 3 rings (SSSR count). The summed E-state index contributed by atoms with van der Waals surface area (Å²) in [6, 6.07) is 1.82. The first-order chi connectivity index (χ1) is 6.86. The third-order valence-electron chi connectivity index (χ3n) is 2.38. The van der Waals surface area contributed by atoms with E-state index in [4.69, 9.17) is 0 Å². The van der Waals surface area contributed by atoms with Crippen molar-refractivity contribution in [3.05, 3.63) is 29.6 Å². The summed E-state index contributed by atoms with van der Waals surface area (Å²) in [5, 5.41) is 1.78. The highest BCUT2D eigenvalue weighted by Gasteiger charge is 2.29. The van der Waals surface area contributed by atoms with Crippen molar-refractivity contribution in [2.45, 2.75) is 0 Å². The molecule has 5 nitrogen and oxygen atoms in total. The number of fused-ring (bicyclic) bond motifs is 3. The fraction of sp³-hybridized carbons (Fsp3) is 0.222. The van der Waals surface area contributed by atoms with Crippen LogP contribution in [0.2, 0.25) is 0 Å². The summed E-state index contributed by atoms with van der Waals surface area (Å²) in [4.78, 5) is 19.8. The van der Waals surface area contributed by atoms with Crippen LogP contribution < -0.4 is 5.43 Å². The summed E-state index contributed by atoms with van der Waals surface area (Å²) in [6.07, 6.45) is 3.25. The lowest BCUT2D eigenvalue weighted by Crippen LogP contribution is -2.49. The van der Waals surface area contributed by atoms with Gasteiger partial charge < -0.3 is 0 Å². The van der Waals surface area contributed by atoms with Crippen LogP contribution in [0.4, 0.5) is 0 Å². The van der Waals surface area contributed by atoms with Gasteiger partial charge in [0.25, 0.3) is 5.91 Å². The third-order valence-corrected chi connectivity index (χ3v) is 2.38. The first-order valence-electron chi connectivity index (χ1n) is 4.43. The Morgan fingerprint density at radius 1 is 1.40 bits per heavy atom.